The van der Waals surface area contributed by atoms with Crippen LogP contribution >= 0.6 is 0 Å². The van der Waals surface area contributed by atoms with Gasteiger partial charge in [0.05, 0.1) is 0 Å². The first kappa shape index (κ1) is 18.1. The van der Waals surface area contributed by atoms with Gasteiger partial charge in [0.2, 0.25) is 0 Å². The summed E-state index contributed by atoms with van der Waals surface area (Å²) in [6, 6.07) is 4.58. The summed E-state index contributed by atoms with van der Waals surface area (Å²) in [6.07, 6.45) is -3.75. The normalized spacial score (nSPS) is 14.2. The molecule has 0 bridgehead atoms. The first-order chi connectivity index (χ1) is 8.60. The second-order valence-corrected chi connectivity index (χ2v) is 4.39. The van der Waals surface area contributed by atoms with Gasteiger partial charge >= 0.3 is 64.5 Å². The van der Waals surface area contributed by atoms with Crippen LogP contribution in [0, 0.1) is 0 Å². The molecule has 0 aliphatic rings. The molecule has 0 aliphatic carbocycles. The maximum Gasteiger partial charge on any atom is 1.00 e. The summed E-state index contributed by atoms with van der Waals surface area (Å²) >= 11 is 0. The van der Waals surface area contributed by atoms with E-state index in [1.807, 2.05) is 0 Å². The first-order valence-electron chi connectivity index (χ1n) is 5.42. The van der Waals surface area contributed by atoms with Crippen molar-refractivity contribution in [3.8, 4) is 0 Å². The van der Waals surface area contributed by atoms with Crippen molar-refractivity contribution in [3.63, 3.8) is 0 Å². The second-order valence-electron chi connectivity index (χ2n) is 4.39. The Morgan fingerprint density at radius 1 is 1.10 bits per heavy atom. The monoisotopic (exact) mass is 319 g/mol. The summed E-state index contributed by atoms with van der Waals surface area (Å²) in [5, 5.41) is 0.356. The third-order valence-electron chi connectivity index (χ3n) is 3.00. The molecule has 0 fully saturated rings. The minimum Gasteiger partial charge on any atom is -0.448 e. The van der Waals surface area contributed by atoms with Crippen LogP contribution < -0.4 is 51.4 Å². The van der Waals surface area contributed by atoms with E-state index in [0.717, 1.165) is 12.1 Å². The van der Waals surface area contributed by atoms with E-state index >= 15 is 0 Å². The fraction of sp³-hybridized carbons (Fsp3) is 0.273. The molecule has 0 saturated carbocycles. The molecule has 104 valence electrons. The van der Waals surface area contributed by atoms with Crippen LogP contribution in [0.2, 0.25) is 0 Å². The Kier molecular flexibility index (Phi) is 5.46. The fourth-order valence-electron chi connectivity index (χ4n) is 2.12. The smallest absolute Gasteiger partial charge is 0.448 e. The van der Waals surface area contributed by atoms with Crippen molar-refractivity contribution in [2.45, 2.75) is 12.0 Å². The van der Waals surface area contributed by atoms with E-state index in [-0.39, 0.29) is 51.4 Å². The molecule has 1 aromatic heterocycles. The number of fused-ring (bicyclic) bond motifs is 1. The number of alkyl halides is 3. The molecule has 1 unspecified atom stereocenters. The predicted octanol–water partition coefficient (Wildman–Crippen LogP) is 1.21. The molecule has 1 atom stereocenters. The van der Waals surface area contributed by atoms with E-state index in [2.05, 4.69) is 0 Å². The summed E-state index contributed by atoms with van der Waals surface area (Å²) in [7, 11) is 1.66. The van der Waals surface area contributed by atoms with E-state index in [0.29, 0.717) is 10.9 Å². The average Bonchev–Trinajstić information content (AvgIpc) is 2.56. The van der Waals surface area contributed by atoms with Crippen molar-refractivity contribution in [1.29, 1.82) is 0 Å². The molecular formula is C11H9BF6KN. The summed E-state index contributed by atoms with van der Waals surface area (Å²) in [5.74, 6) is -3.39. The van der Waals surface area contributed by atoms with Gasteiger partial charge in [0.25, 0.3) is 0 Å². The Hall–Kier alpha value is 0.0413. The third-order valence-corrected chi connectivity index (χ3v) is 3.00. The van der Waals surface area contributed by atoms with Gasteiger partial charge < -0.3 is 17.5 Å². The van der Waals surface area contributed by atoms with E-state index in [4.69, 9.17) is 0 Å². The van der Waals surface area contributed by atoms with Gasteiger partial charge in [-0.3, -0.25) is 0 Å². The van der Waals surface area contributed by atoms with Crippen molar-refractivity contribution < 1.29 is 77.5 Å². The molecule has 2 rings (SSSR count). The van der Waals surface area contributed by atoms with E-state index in [1.165, 1.54) is 12.1 Å². The topological polar surface area (TPSA) is 4.93 Å². The quantitative estimate of drug-likeness (QED) is 0.579. The molecule has 0 saturated heterocycles. The van der Waals surface area contributed by atoms with Gasteiger partial charge in [-0.1, -0.05) is 17.7 Å². The van der Waals surface area contributed by atoms with Crippen LogP contribution in [0.3, 0.4) is 0 Å². The summed E-state index contributed by atoms with van der Waals surface area (Å²) in [5.41, 5.74) is -0.182. The minimum absolute atomic E-state index is 0. The Morgan fingerprint density at radius 2 is 1.70 bits per heavy atom. The molecule has 1 nitrogen and oxygen atoms in total. The van der Waals surface area contributed by atoms with Crippen molar-refractivity contribution >= 4 is 17.9 Å². The van der Waals surface area contributed by atoms with E-state index in [9.17, 15) is 26.1 Å². The summed E-state index contributed by atoms with van der Waals surface area (Å²) in [6.45, 7) is -6.04. The van der Waals surface area contributed by atoms with Crippen molar-refractivity contribution in [3.05, 3.63) is 36.0 Å². The number of hydrogen-bond donors (Lipinski definition) is 0. The largest absolute Gasteiger partial charge is 1.00 e. The van der Waals surface area contributed by atoms with Crippen molar-refractivity contribution in [2.75, 3.05) is 0 Å². The number of hydrogen-bond acceptors (Lipinski definition) is 0. The third kappa shape index (κ3) is 3.62. The predicted molar refractivity (Wildman–Crippen MR) is 60.8 cm³/mol. The van der Waals surface area contributed by atoms with Crippen molar-refractivity contribution in [1.82, 2.24) is 4.57 Å². The molecule has 2 aromatic rings. The summed E-state index contributed by atoms with van der Waals surface area (Å²) in [4.78, 5) is 0. The Balaban J connectivity index is 0.00000200. The molecule has 1 heterocycles. The maximum atomic E-state index is 12.6. The number of nitrogens with zero attached hydrogens (tertiary/aromatic N) is 1. The maximum absolute atomic E-state index is 12.6. The number of halogens is 6. The zero-order chi connectivity index (χ0) is 14.4. The Morgan fingerprint density at radius 3 is 2.20 bits per heavy atom. The fourth-order valence-corrected chi connectivity index (χ4v) is 2.12. The molecule has 20 heavy (non-hydrogen) atoms. The standard InChI is InChI=1S/C11H9BF6N.K/c1-19-5-4-7-6-8(2-3-9(7)19)10(11(13,14)15)12(16,17)18;/h2-6,10H,1H3;/q-1;+1. The van der Waals surface area contributed by atoms with E-state index < -0.39 is 24.5 Å². The number of aromatic nitrogens is 1. The Bertz CT molecular complexity index is 589. The number of rotatable bonds is 2. The number of aryl methyl sites for hydroxylation is 1. The molecule has 0 radical (unpaired) electrons. The zero-order valence-electron chi connectivity index (χ0n) is 10.8. The van der Waals surface area contributed by atoms with Crippen LogP contribution in [-0.2, 0) is 7.05 Å². The van der Waals surface area contributed by atoms with Gasteiger partial charge in [0.1, 0.15) is 0 Å². The second kappa shape index (κ2) is 6.04. The van der Waals surface area contributed by atoms with Gasteiger partial charge in [-0.05, 0) is 17.5 Å². The van der Waals surface area contributed by atoms with Crippen LogP contribution in [-0.4, -0.2) is 17.7 Å². The van der Waals surface area contributed by atoms with Gasteiger partial charge in [0.15, 0.2) is 0 Å². The number of benzene rings is 1. The van der Waals surface area contributed by atoms with Crippen LogP contribution in [0.1, 0.15) is 11.4 Å². The molecular weight excluding hydrogens is 310 g/mol. The van der Waals surface area contributed by atoms with Gasteiger partial charge in [-0.2, -0.15) is 13.2 Å². The van der Waals surface area contributed by atoms with E-state index in [1.54, 1.807) is 17.8 Å². The molecule has 0 spiro atoms. The molecule has 1 aromatic carbocycles. The summed E-state index contributed by atoms with van der Waals surface area (Å²) < 4.78 is 77.4. The van der Waals surface area contributed by atoms with Crippen LogP contribution in [0.25, 0.3) is 10.9 Å². The Labute approximate surface area is 153 Å². The average molecular weight is 319 g/mol. The van der Waals surface area contributed by atoms with Crippen LogP contribution in [0.4, 0.5) is 26.1 Å². The molecule has 0 N–H and O–H groups in total. The first-order valence-corrected chi connectivity index (χ1v) is 5.42. The van der Waals surface area contributed by atoms with Crippen molar-refractivity contribution in [2.24, 2.45) is 7.05 Å². The van der Waals surface area contributed by atoms with Gasteiger partial charge in [-0.15, -0.1) is 0 Å². The molecule has 0 aliphatic heterocycles. The van der Waals surface area contributed by atoms with Crippen LogP contribution in [0.5, 0.6) is 0 Å². The minimum atomic E-state index is -6.04. The van der Waals surface area contributed by atoms with Crippen LogP contribution in [0.15, 0.2) is 30.5 Å². The van der Waals surface area contributed by atoms with Gasteiger partial charge in [-0.25, -0.2) is 0 Å². The molecule has 9 heteroatoms. The SMILES string of the molecule is Cn1ccc2cc(C([B-](F)(F)F)C(F)(F)F)ccc21.[K+]. The zero-order valence-corrected chi connectivity index (χ0v) is 13.9. The van der Waals surface area contributed by atoms with Gasteiger partial charge in [0, 0.05) is 24.6 Å². The molecule has 0 amide bonds.